The number of nitrogens with zero attached hydrogens (tertiary/aromatic N) is 1. The van der Waals surface area contributed by atoms with Crippen molar-refractivity contribution in [2.24, 2.45) is 0 Å². The fourth-order valence-corrected chi connectivity index (χ4v) is 4.37. The van der Waals surface area contributed by atoms with Crippen LogP contribution in [0.2, 0.25) is 0 Å². The number of hydrogen-bond donors (Lipinski definition) is 3. The van der Waals surface area contributed by atoms with Gasteiger partial charge in [0.2, 0.25) is 0 Å². The number of anilines is 1. The van der Waals surface area contributed by atoms with Crippen LogP contribution in [0.1, 0.15) is 20.7 Å². The van der Waals surface area contributed by atoms with Crippen LogP contribution in [-0.2, 0) is 20.2 Å². The van der Waals surface area contributed by atoms with Gasteiger partial charge in [0.1, 0.15) is 5.75 Å². The lowest BCUT2D eigenvalue weighted by Crippen LogP contribution is -2.29. The van der Waals surface area contributed by atoms with E-state index in [1.165, 1.54) is 24.3 Å². The molecule has 0 aromatic heterocycles. The molecule has 0 unspecified atom stereocenters. The molecule has 1 aliphatic heterocycles. The normalized spacial score (nSPS) is 14.4. The van der Waals surface area contributed by atoms with Gasteiger partial charge in [0.25, 0.3) is 32.1 Å². The molecule has 0 saturated heterocycles. The van der Waals surface area contributed by atoms with Crippen LogP contribution in [0.5, 0.6) is 5.75 Å². The largest absolute Gasteiger partial charge is 0.507 e. The Morgan fingerprint density at radius 3 is 1.67 bits per heavy atom. The Hall–Kier alpha value is -3.32. The average molecular weight is 449 g/mol. The van der Waals surface area contributed by atoms with E-state index < -0.39 is 47.6 Å². The van der Waals surface area contributed by atoms with Crippen LogP contribution in [0.4, 0.5) is 5.69 Å². The lowest BCUT2D eigenvalue weighted by Gasteiger charge is -2.19. The zero-order valence-electron chi connectivity index (χ0n) is 14.7. The lowest BCUT2D eigenvalue weighted by molar-refractivity contribution is 0.0926. The van der Waals surface area contributed by atoms with Gasteiger partial charge in [0, 0.05) is 11.5 Å². The van der Waals surface area contributed by atoms with Crippen molar-refractivity contribution >= 4 is 48.5 Å². The van der Waals surface area contributed by atoms with E-state index in [0.717, 1.165) is 18.2 Å². The predicted molar refractivity (Wildman–Crippen MR) is 103 cm³/mol. The van der Waals surface area contributed by atoms with Gasteiger partial charge in [-0.25, -0.2) is 4.90 Å². The minimum atomic E-state index is -4.85. The number of imide groups is 1. The maximum Gasteiger partial charge on any atom is 0.294 e. The zero-order chi connectivity index (χ0) is 22.0. The molecule has 0 radical (unpaired) electrons. The molecule has 10 nitrogen and oxygen atoms in total. The quantitative estimate of drug-likeness (QED) is 0.399. The standard InChI is InChI=1S/C18H11NO9S2/c20-15-8-11(30(26,27)28)6-9-5-10(29(23,24)25)7-14(16(9)15)19-17(21)12-3-1-2-4-13(12)18(19)22/h1-8,20H,(H,23,24,25)(H,26,27,28). The Kier molecular flexibility index (Phi) is 4.22. The summed E-state index contributed by atoms with van der Waals surface area (Å²) in [6.45, 7) is 0. The topological polar surface area (TPSA) is 166 Å². The third-order valence-electron chi connectivity index (χ3n) is 4.59. The van der Waals surface area contributed by atoms with E-state index in [9.17, 15) is 40.6 Å². The molecule has 0 bridgehead atoms. The van der Waals surface area contributed by atoms with Crippen LogP contribution in [0.3, 0.4) is 0 Å². The molecule has 30 heavy (non-hydrogen) atoms. The first-order chi connectivity index (χ1) is 13.9. The molecule has 12 heteroatoms. The number of phenolic OH excluding ortho intramolecular Hbond substituents is 1. The molecule has 4 rings (SSSR count). The SMILES string of the molecule is O=C1c2ccccc2C(=O)N1c1cc(S(=O)(=O)O)cc2cc(S(=O)(=O)O)cc(O)c12. The molecule has 1 aliphatic rings. The van der Waals surface area contributed by atoms with Crippen molar-refractivity contribution in [2.45, 2.75) is 9.79 Å². The third-order valence-corrected chi connectivity index (χ3v) is 6.25. The summed E-state index contributed by atoms with van der Waals surface area (Å²) in [7, 11) is -9.63. The molecule has 0 aliphatic carbocycles. The first-order valence-corrected chi connectivity index (χ1v) is 11.0. The highest BCUT2D eigenvalue weighted by atomic mass is 32.2. The smallest absolute Gasteiger partial charge is 0.294 e. The van der Waals surface area contributed by atoms with E-state index in [1.807, 2.05) is 0 Å². The number of phenols is 1. The zero-order valence-corrected chi connectivity index (χ0v) is 16.3. The van der Waals surface area contributed by atoms with Crippen LogP contribution in [0.25, 0.3) is 10.8 Å². The first-order valence-electron chi connectivity index (χ1n) is 8.13. The summed E-state index contributed by atoms with van der Waals surface area (Å²) in [6, 6.07) is 8.99. The van der Waals surface area contributed by atoms with Gasteiger partial charge in [-0.1, -0.05) is 12.1 Å². The fraction of sp³-hybridized carbons (Fsp3) is 0. The van der Waals surface area contributed by atoms with Gasteiger partial charge in [-0.15, -0.1) is 0 Å². The predicted octanol–water partition coefficient (Wildman–Crippen LogP) is 1.84. The molecule has 1 heterocycles. The van der Waals surface area contributed by atoms with Gasteiger partial charge in [-0.3, -0.25) is 18.7 Å². The number of carbonyl (C=O) groups is 2. The molecule has 0 fully saturated rings. The number of rotatable bonds is 3. The number of benzene rings is 3. The number of carbonyl (C=O) groups excluding carboxylic acids is 2. The summed E-state index contributed by atoms with van der Waals surface area (Å²) < 4.78 is 65.1. The highest BCUT2D eigenvalue weighted by Crippen LogP contribution is 2.41. The Morgan fingerprint density at radius 1 is 0.733 bits per heavy atom. The minimum absolute atomic E-state index is 0.0435. The van der Waals surface area contributed by atoms with Crippen LogP contribution in [-0.4, -0.2) is 42.9 Å². The van der Waals surface area contributed by atoms with E-state index in [-0.39, 0.29) is 27.6 Å². The maximum atomic E-state index is 12.8. The Morgan fingerprint density at radius 2 is 1.20 bits per heavy atom. The highest BCUT2D eigenvalue weighted by molar-refractivity contribution is 7.86. The van der Waals surface area contributed by atoms with Crippen molar-refractivity contribution in [1.82, 2.24) is 0 Å². The van der Waals surface area contributed by atoms with E-state index in [4.69, 9.17) is 0 Å². The van der Waals surface area contributed by atoms with E-state index >= 15 is 0 Å². The van der Waals surface area contributed by atoms with E-state index in [1.54, 1.807) is 0 Å². The molecular weight excluding hydrogens is 438 g/mol. The Bertz CT molecular complexity index is 1450. The van der Waals surface area contributed by atoms with Crippen molar-refractivity contribution in [1.29, 1.82) is 0 Å². The molecule has 3 aromatic carbocycles. The molecule has 0 atom stereocenters. The second-order valence-electron chi connectivity index (χ2n) is 6.42. The van der Waals surface area contributed by atoms with Gasteiger partial charge in [-0.05, 0) is 35.7 Å². The summed E-state index contributed by atoms with van der Waals surface area (Å²) in [6.07, 6.45) is 0. The summed E-state index contributed by atoms with van der Waals surface area (Å²) in [5.41, 5.74) is -0.297. The van der Waals surface area contributed by atoms with Gasteiger partial charge in [0.05, 0.1) is 26.6 Å². The molecule has 2 amide bonds. The van der Waals surface area contributed by atoms with Crippen molar-refractivity contribution in [2.75, 3.05) is 4.90 Å². The fourth-order valence-electron chi connectivity index (χ4n) is 3.30. The van der Waals surface area contributed by atoms with E-state index in [0.29, 0.717) is 11.0 Å². The van der Waals surface area contributed by atoms with Gasteiger partial charge >= 0.3 is 0 Å². The lowest BCUT2D eigenvalue weighted by atomic mass is 10.1. The van der Waals surface area contributed by atoms with Crippen LogP contribution in [0.15, 0.2) is 58.3 Å². The summed E-state index contributed by atoms with van der Waals surface area (Å²) >= 11 is 0. The molecule has 3 N–H and O–H groups in total. The third kappa shape index (κ3) is 3.02. The van der Waals surface area contributed by atoms with Crippen molar-refractivity contribution in [3.8, 4) is 5.75 Å². The Labute approximate surface area is 169 Å². The van der Waals surface area contributed by atoms with Crippen molar-refractivity contribution < 1.29 is 40.6 Å². The first kappa shape index (κ1) is 20.0. The minimum Gasteiger partial charge on any atom is -0.507 e. The monoisotopic (exact) mass is 449 g/mol. The number of fused-ring (bicyclic) bond motifs is 2. The second kappa shape index (κ2) is 6.34. The second-order valence-corrected chi connectivity index (χ2v) is 9.27. The van der Waals surface area contributed by atoms with Gasteiger partial charge in [-0.2, -0.15) is 16.8 Å². The van der Waals surface area contributed by atoms with Crippen LogP contribution in [0, 0.1) is 0 Å². The van der Waals surface area contributed by atoms with Gasteiger partial charge in [0.15, 0.2) is 0 Å². The number of aromatic hydroxyl groups is 1. The molecule has 3 aromatic rings. The maximum absolute atomic E-state index is 12.8. The molecule has 154 valence electrons. The number of amides is 2. The molecule has 0 saturated carbocycles. The van der Waals surface area contributed by atoms with Crippen LogP contribution >= 0.6 is 0 Å². The summed E-state index contributed by atoms with van der Waals surface area (Å²) in [5, 5.41) is 9.91. The van der Waals surface area contributed by atoms with Crippen molar-refractivity contribution in [3.05, 3.63) is 59.7 Å². The van der Waals surface area contributed by atoms with Crippen LogP contribution < -0.4 is 4.90 Å². The Balaban J connectivity index is 2.10. The van der Waals surface area contributed by atoms with E-state index in [2.05, 4.69) is 0 Å². The van der Waals surface area contributed by atoms with Gasteiger partial charge < -0.3 is 5.11 Å². The van der Waals surface area contributed by atoms with Crippen molar-refractivity contribution in [3.63, 3.8) is 0 Å². The molecular formula is C18H11NO9S2. The number of hydrogen-bond acceptors (Lipinski definition) is 7. The average Bonchev–Trinajstić information content (AvgIpc) is 2.90. The molecule has 0 spiro atoms. The summed E-state index contributed by atoms with van der Waals surface area (Å²) in [5.74, 6) is -2.35. The highest BCUT2D eigenvalue weighted by Gasteiger charge is 2.38. The summed E-state index contributed by atoms with van der Waals surface area (Å²) in [4.78, 5) is 24.8.